The van der Waals surface area contributed by atoms with Gasteiger partial charge in [0.05, 0.1) is 17.6 Å². The van der Waals surface area contributed by atoms with Crippen molar-refractivity contribution in [2.45, 2.75) is 67.7 Å². The van der Waals surface area contributed by atoms with Crippen molar-refractivity contribution < 1.29 is 20.1 Å². The summed E-state index contributed by atoms with van der Waals surface area (Å²) in [6, 6.07) is 3.99. The summed E-state index contributed by atoms with van der Waals surface area (Å²) in [5.74, 6) is 1.57. The Hall–Kier alpha value is -1.34. The molecule has 1 spiro atoms. The van der Waals surface area contributed by atoms with E-state index in [0.717, 1.165) is 50.3 Å². The summed E-state index contributed by atoms with van der Waals surface area (Å²) in [6.45, 7) is 2.68. The monoisotopic (exact) mass is 386 g/mol. The molecule has 6 nitrogen and oxygen atoms in total. The summed E-state index contributed by atoms with van der Waals surface area (Å²) in [4.78, 5) is 2.55. The molecular weight excluding hydrogens is 356 g/mol. The van der Waals surface area contributed by atoms with E-state index in [9.17, 15) is 15.3 Å². The Bertz CT molecular complexity index is 812. The highest BCUT2D eigenvalue weighted by atomic mass is 16.5. The Labute approximate surface area is 165 Å². The maximum Gasteiger partial charge on any atom is 0.165 e. The highest BCUT2D eigenvalue weighted by Crippen LogP contribution is 2.65. The number of piperidine rings is 1. The summed E-state index contributed by atoms with van der Waals surface area (Å²) in [5, 5.41) is 35.6. The van der Waals surface area contributed by atoms with E-state index in [2.05, 4.69) is 10.2 Å². The summed E-state index contributed by atoms with van der Waals surface area (Å²) < 4.78 is 6.44. The standard InChI is InChI=1S/C22H30N2O4/c25-10-8-23-15-5-6-22(27)17-11-14-3-4-16(26)19-18(14)21(22,20(15)28-19)7-9-24(17)12-13-1-2-13/h3-4,13,15,17,20,23,25-27H,1-2,5-12H2/t15?,17-,20?,21+,22-/m0/s1. The first-order chi connectivity index (χ1) is 13.6. The molecule has 3 fully saturated rings. The zero-order valence-corrected chi connectivity index (χ0v) is 16.2. The molecule has 0 radical (unpaired) electrons. The lowest BCUT2D eigenvalue weighted by molar-refractivity contribution is -0.191. The molecule has 5 atom stereocenters. The molecule has 6 rings (SSSR count). The van der Waals surface area contributed by atoms with Gasteiger partial charge in [-0.3, -0.25) is 4.90 Å². The number of rotatable bonds is 5. The van der Waals surface area contributed by atoms with Gasteiger partial charge in [0.15, 0.2) is 11.5 Å². The van der Waals surface area contributed by atoms with Gasteiger partial charge in [0.1, 0.15) is 6.10 Å². The van der Waals surface area contributed by atoms with Crippen LogP contribution in [0.4, 0.5) is 0 Å². The van der Waals surface area contributed by atoms with Crippen LogP contribution in [-0.2, 0) is 11.8 Å². The van der Waals surface area contributed by atoms with Crippen molar-refractivity contribution in [1.29, 1.82) is 0 Å². The Morgan fingerprint density at radius 1 is 1.21 bits per heavy atom. The van der Waals surface area contributed by atoms with Crippen molar-refractivity contribution in [3.8, 4) is 11.5 Å². The normalized spacial score (nSPS) is 40.9. The predicted molar refractivity (Wildman–Crippen MR) is 104 cm³/mol. The number of aliphatic hydroxyl groups is 2. The Morgan fingerprint density at radius 2 is 2.07 bits per heavy atom. The number of hydrogen-bond acceptors (Lipinski definition) is 6. The zero-order chi connectivity index (χ0) is 19.1. The van der Waals surface area contributed by atoms with Crippen LogP contribution in [0.1, 0.15) is 43.2 Å². The third kappa shape index (κ3) is 2.07. The average molecular weight is 386 g/mol. The number of phenols is 1. The van der Waals surface area contributed by atoms with Crippen LogP contribution in [0.3, 0.4) is 0 Å². The topological polar surface area (TPSA) is 85.2 Å². The van der Waals surface area contributed by atoms with E-state index in [1.165, 1.54) is 18.4 Å². The van der Waals surface area contributed by atoms with Crippen LogP contribution in [0, 0.1) is 5.92 Å². The first-order valence-corrected chi connectivity index (χ1v) is 10.9. The van der Waals surface area contributed by atoms with Gasteiger partial charge in [-0.15, -0.1) is 0 Å². The van der Waals surface area contributed by atoms with Gasteiger partial charge in [-0.2, -0.15) is 0 Å². The number of likely N-dealkylation sites (tertiary alicyclic amines) is 1. The Balaban J connectivity index is 1.49. The maximum atomic E-state index is 12.3. The van der Waals surface area contributed by atoms with E-state index in [1.54, 1.807) is 6.07 Å². The van der Waals surface area contributed by atoms with Gasteiger partial charge in [-0.25, -0.2) is 0 Å². The highest BCUT2D eigenvalue weighted by Gasteiger charge is 2.72. The number of aromatic hydroxyl groups is 1. The molecule has 4 N–H and O–H groups in total. The summed E-state index contributed by atoms with van der Waals surface area (Å²) in [6.07, 6.45) is 5.68. The Morgan fingerprint density at radius 3 is 2.86 bits per heavy atom. The average Bonchev–Trinajstić information content (AvgIpc) is 3.42. The van der Waals surface area contributed by atoms with Crippen molar-refractivity contribution in [1.82, 2.24) is 10.2 Å². The molecule has 2 unspecified atom stereocenters. The van der Waals surface area contributed by atoms with Gasteiger partial charge in [-0.1, -0.05) is 6.07 Å². The SMILES string of the molecule is OCCNC1CC[C@]2(O)[C@@H]3Cc4ccc(O)c5c4[C@]2(CCN3CC2CC2)C1O5. The first-order valence-electron chi connectivity index (χ1n) is 10.9. The van der Waals surface area contributed by atoms with E-state index in [1.807, 2.05) is 6.07 Å². The fourth-order valence-electron chi connectivity index (χ4n) is 6.94. The van der Waals surface area contributed by atoms with Crippen molar-refractivity contribution >= 4 is 0 Å². The summed E-state index contributed by atoms with van der Waals surface area (Å²) in [7, 11) is 0. The molecule has 5 aliphatic rings. The second-order valence-electron chi connectivity index (χ2n) is 9.61. The third-order valence-corrected chi connectivity index (χ3v) is 8.28. The van der Waals surface area contributed by atoms with Gasteiger partial charge in [-0.05, 0) is 62.6 Å². The quantitative estimate of drug-likeness (QED) is 0.602. The minimum atomic E-state index is -0.825. The highest BCUT2D eigenvalue weighted by molar-refractivity contribution is 5.62. The number of hydrogen-bond donors (Lipinski definition) is 4. The van der Waals surface area contributed by atoms with Crippen LogP contribution < -0.4 is 10.1 Å². The molecule has 2 aliphatic heterocycles. The van der Waals surface area contributed by atoms with E-state index in [0.29, 0.717) is 12.3 Å². The first kappa shape index (κ1) is 17.5. The summed E-state index contributed by atoms with van der Waals surface area (Å²) >= 11 is 0. The number of aliphatic hydroxyl groups excluding tert-OH is 1. The molecule has 3 aliphatic carbocycles. The molecule has 0 amide bonds. The van der Waals surface area contributed by atoms with Crippen molar-refractivity contribution in [2.24, 2.45) is 5.92 Å². The summed E-state index contributed by atoms with van der Waals surface area (Å²) in [5.41, 5.74) is 1.00. The number of nitrogens with one attached hydrogen (secondary N) is 1. The molecule has 2 heterocycles. The molecule has 0 aromatic heterocycles. The van der Waals surface area contributed by atoms with E-state index < -0.39 is 11.0 Å². The lowest BCUT2D eigenvalue weighted by Gasteiger charge is -2.64. The molecule has 1 saturated heterocycles. The molecule has 152 valence electrons. The molecule has 2 bridgehead atoms. The molecule has 2 saturated carbocycles. The van der Waals surface area contributed by atoms with Crippen molar-refractivity contribution in [3.05, 3.63) is 23.3 Å². The lowest BCUT2D eigenvalue weighted by atomic mass is 9.48. The fraction of sp³-hybridized carbons (Fsp3) is 0.727. The minimum Gasteiger partial charge on any atom is -0.504 e. The van der Waals surface area contributed by atoms with Crippen LogP contribution in [-0.4, -0.2) is 70.2 Å². The third-order valence-electron chi connectivity index (χ3n) is 8.28. The van der Waals surface area contributed by atoms with Crippen LogP contribution >= 0.6 is 0 Å². The number of benzene rings is 1. The molecule has 1 aromatic carbocycles. The van der Waals surface area contributed by atoms with Crippen molar-refractivity contribution in [2.75, 3.05) is 26.2 Å². The molecular formula is C22H30N2O4. The van der Waals surface area contributed by atoms with E-state index >= 15 is 0 Å². The van der Waals surface area contributed by atoms with Crippen LogP contribution in [0.2, 0.25) is 0 Å². The number of phenolic OH excluding ortho intramolecular Hbond substituents is 1. The second kappa shape index (κ2) is 5.85. The molecule has 1 aromatic rings. The Kier molecular flexibility index (Phi) is 3.66. The van der Waals surface area contributed by atoms with Gasteiger partial charge in [0.25, 0.3) is 0 Å². The van der Waals surface area contributed by atoms with E-state index in [4.69, 9.17) is 4.74 Å². The smallest absolute Gasteiger partial charge is 0.165 e. The number of ether oxygens (including phenoxy) is 1. The van der Waals surface area contributed by atoms with Gasteiger partial charge in [0.2, 0.25) is 0 Å². The largest absolute Gasteiger partial charge is 0.504 e. The predicted octanol–water partition coefficient (Wildman–Crippen LogP) is 0.907. The lowest BCUT2D eigenvalue weighted by Crippen LogP contribution is -2.78. The molecule has 6 heteroatoms. The second-order valence-corrected chi connectivity index (χ2v) is 9.61. The number of nitrogens with zero attached hydrogens (tertiary/aromatic N) is 1. The van der Waals surface area contributed by atoms with Gasteiger partial charge in [0, 0.05) is 30.7 Å². The van der Waals surface area contributed by atoms with Gasteiger partial charge < -0.3 is 25.4 Å². The van der Waals surface area contributed by atoms with Crippen LogP contribution in [0.25, 0.3) is 0 Å². The van der Waals surface area contributed by atoms with Crippen molar-refractivity contribution in [3.63, 3.8) is 0 Å². The van der Waals surface area contributed by atoms with Gasteiger partial charge >= 0.3 is 0 Å². The minimum absolute atomic E-state index is 0.0702. The van der Waals surface area contributed by atoms with E-state index in [-0.39, 0.29) is 30.5 Å². The van der Waals surface area contributed by atoms with Crippen LogP contribution in [0.15, 0.2) is 12.1 Å². The maximum absolute atomic E-state index is 12.3. The molecule has 28 heavy (non-hydrogen) atoms. The zero-order valence-electron chi connectivity index (χ0n) is 16.2. The fourth-order valence-corrected chi connectivity index (χ4v) is 6.94. The van der Waals surface area contributed by atoms with Crippen LogP contribution in [0.5, 0.6) is 11.5 Å².